The van der Waals surface area contributed by atoms with Crippen molar-refractivity contribution in [2.75, 3.05) is 13.7 Å². The number of methoxy groups -OCH3 is 1. The lowest BCUT2D eigenvalue weighted by atomic mass is 9.66. The van der Waals surface area contributed by atoms with Gasteiger partial charge in [-0.1, -0.05) is 48.7 Å². The standard InChI is InChI=1S/C23H28ClNO3/c1-28-21-14-16(9-10-20(21)26)22-18-7-4-5-11-23(18,27)12-13-25(22)15-17-6-2-3-8-19(17)24/h2-3,6,8-10,14,18,22,26-27H,4-5,7,11-13,15H2,1H3/t18-,22-,23+/m1/s1. The first kappa shape index (κ1) is 19.6. The number of benzene rings is 2. The Labute approximate surface area is 171 Å². The Morgan fingerprint density at radius 2 is 2.00 bits per heavy atom. The van der Waals surface area contributed by atoms with Crippen molar-refractivity contribution in [3.05, 3.63) is 58.6 Å². The maximum absolute atomic E-state index is 11.4. The Bertz CT molecular complexity index is 842. The molecule has 1 aliphatic carbocycles. The van der Waals surface area contributed by atoms with Crippen molar-refractivity contribution < 1.29 is 14.9 Å². The number of phenolic OH excluding ortho intramolecular Hbond substituents is 1. The first-order chi connectivity index (χ1) is 13.5. The molecular weight excluding hydrogens is 374 g/mol. The molecule has 2 fully saturated rings. The van der Waals surface area contributed by atoms with Crippen molar-refractivity contribution in [3.8, 4) is 11.5 Å². The van der Waals surface area contributed by atoms with E-state index in [2.05, 4.69) is 11.0 Å². The average molecular weight is 402 g/mol. The number of nitrogens with zero attached hydrogens (tertiary/aromatic N) is 1. The van der Waals surface area contributed by atoms with Gasteiger partial charge in [0.05, 0.1) is 12.7 Å². The van der Waals surface area contributed by atoms with Gasteiger partial charge in [0.15, 0.2) is 11.5 Å². The molecule has 2 aromatic rings. The molecule has 0 bridgehead atoms. The normalized spacial score (nSPS) is 28.0. The fourth-order valence-corrected chi connectivity index (χ4v) is 5.28. The lowest BCUT2D eigenvalue weighted by molar-refractivity contribution is -0.126. The second-order valence-electron chi connectivity index (χ2n) is 8.14. The first-order valence-electron chi connectivity index (χ1n) is 10.1. The number of rotatable bonds is 4. The molecule has 0 amide bonds. The molecule has 1 saturated carbocycles. The van der Waals surface area contributed by atoms with E-state index in [4.69, 9.17) is 16.3 Å². The Hall–Kier alpha value is -1.75. The van der Waals surface area contributed by atoms with Crippen molar-refractivity contribution in [1.29, 1.82) is 0 Å². The molecule has 5 heteroatoms. The van der Waals surface area contributed by atoms with Crippen LogP contribution in [0.25, 0.3) is 0 Å². The number of halogens is 1. The zero-order valence-corrected chi connectivity index (χ0v) is 17.0. The van der Waals surface area contributed by atoms with Crippen LogP contribution in [0.4, 0.5) is 0 Å². The number of fused-ring (bicyclic) bond motifs is 1. The lowest BCUT2D eigenvalue weighted by Crippen LogP contribution is -2.54. The van der Waals surface area contributed by atoms with Gasteiger partial charge in [-0.05, 0) is 48.6 Å². The summed E-state index contributed by atoms with van der Waals surface area (Å²) in [7, 11) is 1.57. The van der Waals surface area contributed by atoms with Crippen LogP contribution in [0.15, 0.2) is 42.5 Å². The summed E-state index contributed by atoms with van der Waals surface area (Å²) in [5, 5.41) is 22.2. The van der Waals surface area contributed by atoms with E-state index < -0.39 is 5.60 Å². The van der Waals surface area contributed by atoms with Crippen LogP contribution in [-0.4, -0.2) is 34.4 Å². The molecule has 3 atom stereocenters. The third kappa shape index (κ3) is 3.61. The zero-order chi connectivity index (χ0) is 19.7. The molecule has 150 valence electrons. The number of aliphatic hydroxyl groups is 1. The molecule has 4 rings (SSSR count). The Balaban J connectivity index is 1.73. The number of aromatic hydroxyl groups is 1. The van der Waals surface area contributed by atoms with Gasteiger partial charge in [0.2, 0.25) is 0 Å². The highest BCUT2D eigenvalue weighted by atomic mass is 35.5. The van der Waals surface area contributed by atoms with E-state index in [1.165, 1.54) is 0 Å². The van der Waals surface area contributed by atoms with Crippen molar-refractivity contribution in [2.24, 2.45) is 5.92 Å². The minimum atomic E-state index is -0.620. The smallest absolute Gasteiger partial charge is 0.160 e. The van der Waals surface area contributed by atoms with Crippen molar-refractivity contribution >= 4 is 11.6 Å². The van der Waals surface area contributed by atoms with Crippen LogP contribution < -0.4 is 4.74 Å². The second-order valence-corrected chi connectivity index (χ2v) is 8.55. The van der Waals surface area contributed by atoms with Crippen LogP contribution in [0, 0.1) is 5.92 Å². The van der Waals surface area contributed by atoms with Gasteiger partial charge in [-0.25, -0.2) is 0 Å². The molecule has 4 nitrogen and oxygen atoms in total. The summed E-state index contributed by atoms with van der Waals surface area (Å²) in [5.74, 6) is 0.769. The number of phenols is 1. The molecule has 0 radical (unpaired) electrons. The quantitative estimate of drug-likeness (QED) is 0.763. The topological polar surface area (TPSA) is 52.9 Å². The van der Waals surface area contributed by atoms with E-state index in [-0.39, 0.29) is 17.7 Å². The summed E-state index contributed by atoms with van der Waals surface area (Å²) < 4.78 is 5.36. The highest BCUT2D eigenvalue weighted by molar-refractivity contribution is 6.31. The Morgan fingerprint density at radius 1 is 1.18 bits per heavy atom. The number of hydrogen-bond donors (Lipinski definition) is 2. The molecule has 2 aromatic carbocycles. The third-order valence-corrected chi connectivity index (χ3v) is 6.92. The molecule has 1 aliphatic heterocycles. The Morgan fingerprint density at radius 3 is 2.79 bits per heavy atom. The summed E-state index contributed by atoms with van der Waals surface area (Å²) >= 11 is 6.44. The van der Waals surface area contributed by atoms with E-state index in [9.17, 15) is 10.2 Å². The van der Waals surface area contributed by atoms with E-state index in [1.807, 2.05) is 30.3 Å². The molecule has 2 aliphatic rings. The third-order valence-electron chi connectivity index (χ3n) is 6.55. The number of ether oxygens (including phenoxy) is 1. The summed E-state index contributed by atoms with van der Waals surface area (Å²) in [5.41, 5.74) is 1.55. The predicted octanol–water partition coefficient (Wildman–Crippen LogP) is 4.92. The highest BCUT2D eigenvalue weighted by Gasteiger charge is 2.49. The van der Waals surface area contributed by atoms with Gasteiger partial charge in [0.25, 0.3) is 0 Å². The molecule has 0 unspecified atom stereocenters. The van der Waals surface area contributed by atoms with Crippen molar-refractivity contribution in [1.82, 2.24) is 4.90 Å². The van der Waals surface area contributed by atoms with Gasteiger partial charge in [0, 0.05) is 30.1 Å². The number of likely N-dealkylation sites (tertiary alicyclic amines) is 1. The average Bonchev–Trinajstić information content (AvgIpc) is 2.70. The minimum absolute atomic E-state index is 0.0600. The van der Waals surface area contributed by atoms with Crippen LogP contribution >= 0.6 is 11.6 Å². The van der Waals surface area contributed by atoms with Crippen molar-refractivity contribution in [2.45, 2.75) is 50.3 Å². The van der Waals surface area contributed by atoms with Crippen LogP contribution in [0.1, 0.15) is 49.3 Å². The lowest BCUT2D eigenvalue weighted by Gasteiger charge is -2.53. The molecule has 1 heterocycles. The summed E-state index contributed by atoms with van der Waals surface area (Å²) in [4.78, 5) is 2.43. The predicted molar refractivity (Wildman–Crippen MR) is 111 cm³/mol. The van der Waals surface area contributed by atoms with Crippen LogP contribution in [-0.2, 0) is 6.54 Å². The molecule has 0 spiro atoms. The molecule has 1 saturated heterocycles. The summed E-state index contributed by atoms with van der Waals surface area (Å²) in [6.07, 6.45) is 4.88. The van der Waals surface area contributed by atoms with Gasteiger partial charge >= 0.3 is 0 Å². The highest BCUT2D eigenvalue weighted by Crippen LogP contribution is 2.50. The fraction of sp³-hybridized carbons (Fsp3) is 0.478. The van der Waals surface area contributed by atoms with Gasteiger partial charge in [0.1, 0.15) is 0 Å². The zero-order valence-electron chi connectivity index (χ0n) is 16.3. The summed E-state index contributed by atoms with van der Waals surface area (Å²) in [6, 6.07) is 13.6. The van der Waals surface area contributed by atoms with Crippen LogP contribution in [0.3, 0.4) is 0 Å². The van der Waals surface area contributed by atoms with Crippen LogP contribution in [0.5, 0.6) is 11.5 Å². The SMILES string of the molecule is COc1cc([C@@H]2[C@H]3CCCC[C@]3(O)CCN2Cc2ccccc2Cl)ccc1O. The molecular formula is C23H28ClNO3. The van der Waals surface area contributed by atoms with E-state index in [0.717, 1.165) is 61.3 Å². The minimum Gasteiger partial charge on any atom is -0.504 e. The largest absolute Gasteiger partial charge is 0.504 e. The van der Waals surface area contributed by atoms with Gasteiger partial charge in [-0.3, -0.25) is 4.90 Å². The van der Waals surface area contributed by atoms with E-state index in [0.29, 0.717) is 5.75 Å². The monoisotopic (exact) mass is 401 g/mol. The van der Waals surface area contributed by atoms with Gasteiger partial charge < -0.3 is 14.9 Å². The number of piperidine rings is 1. The fourth-order valence-electron chi connectivity index (χ4n) is 5.09. The Kier molecular flexibility index (Phi) is 5.55. The maximum atomic E-state index is 11.4. The first-order valence-corrected chi connectivity index (χ1v) is 10.5. The molecule has 0 aromatic heterocycles. The molecule has 2 N–H and O–H groups in total. The van der Waals surface area contributed by atoms with E-state index in [1.54, 1.807) is 13.2 Å². The van der Waals surface area contributed by atoms with E-state index >= 15 is 0 Å². The number of hydrogen-bond acceptors (Lipinski definition) is 4. The van der Waals surface area contributed by atoms with Crippen LogP contribution in [0.2, 0.25) is 5.02 Å². The maximum Gasteiger partial charge on any atom is 0.160 e. The van der Waals surface area contributed by atoms with Gasteiger partial charge in [-0.2, -0.15) is 0 Å². The molecule has 28 heavy (non-hydrogen) atoms. The van der Waals surface area contributed by atoms with Gasteiger partial charge in [-0.15, -0.1) is 0 Å². The second kappa shape index (κ2) is 7.94. The summed E-state index contributed by atoms with van der Waals surface area (Å²) in [6.45, 7) is 1.55. The van der Waals surface area contributed by atoms with Crippen molar-refractivity contribution in [3.63, 3.8) is 0 Å².